The molecular formula is C11H19N3O. The zero-order valence-electron chi connectivity index (χ0n) is 9.49. The summed E-state index contributed by atoms with van der Waals surface area (Å²) in [4.78, 5) is 4.49. The molecule has 2 heterocycles. The molecular weight excluding hydrogens is 190 g/mol. The maximum absolute atomic E-state index is 5.30. The molecule has 15 heavy (non-hydrogen) atoms. The van der Waals surface area contributed by atoms with Crippen LogP contribution in [0.5, 0.6) is 0 Å². The summed E-state index contributed by atoms with van der Waals surface area (Å²) in [5, 5.41) is 7.39. The van der Waals surface area contributed by atoms with Gasteiger partial charge in [0.2, 0.25) is 5.89 Å². The van der Waals surface area contributed by atoms with E-state index in [1.54, 1.807) is 0 Å². The highest BCUT2D eigenvalue weighted by Gasteiger charge is 2.23. The zero-order chi connectivity index (χ0) is 10.7. The highest BCUT2D eigenvalue weighted by atomic mass is 16.5. The lowest BCUT2D eigenvalue weighted by Crippen LogP contribution is -2.08. The predicted octanol–water partition coefficient (Wildman–Crippen LogP) is 2.05. The maximum Gasteiger partial charge on any atom is 0.229 e. The van der Waals surface area contributed by atoms with Crippen molar-refractivity contribution in [1.82, 2.24) is 15.5 Å². The van der Waals surface area contributed by atoms with Crippen LogP contribution in [0.2, 0.25) is 0 Å². The van der Waals surface area contributed by atoms with Crippen molar-refractivity contribution in [3.63, 3.8) is 0 Å². The Labute approximate surface area is 90.4 Å². The van der Waals surface area contributed by atoms with E-state index >= 15 is 0 Å². The molecule has 2 unspecified atom stereocenters. The Hall–Kier alpha value is -0.900. The third kappa shape index (κ3) is 2.37. The Kier molecular flexibility index (Phi) is 3.36. The van der Waals surface area contributed by atoms with Gasteiger partial charge in [0, 0.05) is 18.4 Å². The van der Waals surface area contributed by atoms with E-state index < -0.39 is 0 Å². The second-order valence-corrected chi connectivity index (χ2v) is 4.37. The van der Waals surface area contributed by atoms with Gasteiger partial charge in [-0.05, 0) is 19.4 Å². The van der Waals surface area contributed by atoms with E-state index in [0.717, 1.165) is 44.1 Å². The summed E-state index contributed by atoms with van der Waals surface area (Å²) in [5.74, 6) is 2.54. The first-order chi connectivity index (χ1) is 7.31. The Morgan fingerprint density at radius 1 is 1.60 bits per heavy atom. The van der Waals surface area contributed by atoms with Crippen molar-refractivity contribution in [2.75, 3.05) is 13.1 Å². The first-order valence-corrected chi connectivity index (χ1v) is 5.85. The van der Waals surface area contributed by atoms with Gasteiger partial charge in [-0.15, -0.1) is 0 Å². The van der Waals surface area contributed by atoms with Gasteiger partial charge in [-0.2, -0.15) is 4.98 Å². The Bertz CT molecular complexity index is 305. The Morgan fingerprint density at radius 2 is 2.47 bits per heavy atom. The lowest BCUT2D eigenvalue weighted by atomic mass is 10.1. The average Bonchev–Trinajstić information content (AvgIpc) is 2.89. The van der Waals surface area contributed by atoms with Gasteiger partial charge in [0.15, 0.2) is 5.82 Å². The van der Waals surface area contributed by atoms with Gasteiger partial charge in [-0.1, -0.05) is 25.4 Å². The summed E-state index contributed by atoms with van der Waals surface area (Å²) in [6, 6.07) is 0. The zero-order valence-corrected chi connectivity index (χ0v) is 9.49. The number of nitrogens with one attached hydrogen (secondary N) is 1. The van der Waals surface area contributed by atoms with Crippen LogP contribution >= 0.6 is 0 Å². The summed E-state index contributed by atoms with van der Waals surface area (Å²) >= 11 is 0. The van der Waals surface area contributed by atoms with E-state index in [1.165, 1.54) is 0 Å². The molecule has 1 aromatic rings. The van der Waals surface area contributed by atoms with Crippen molar-refractivity contribution in [3.05, 3.63) is 11.7 Å². The highest BCUT2D eigenvalue weighted by molar-refractivity contribution is 5.01. The second-order valence-electron chi connectivity index (χ2n) is 4.37. The number of hydrogen-bond donors (Lipinski definition) is 1. The third-order valence-corrected chi connectivity index (χ3v) is 3.03. The molecule has 1 N–H and O–H groups in total. The van der Waals surface area contributed by atoms with E-state index in [-0.39, 0.29) is 0 Å². The summed E-state index contributed by atoms with van der Waals surface area (Å²) in [7, 11) is 0. The van der Waals surface area contributed by atoms with Crippen LogP contribution in [0, 0.1) is 0 Å². The first-order valence-electron chi connectivity index (χ1n) is 5.85. The fourth-order valence-corrected chi connectivity index (χ4v) is 2.04. The summed E-state index contributed by atoms with van der Waals surface area (Å²) < 4.78 is 5.30. The van der Waals surface area contributed by atoms with Crippen LogP contribution in [-0.4, -0.2) is 23.2 Å². The van der Waals surface area contributed by atoms with Crippen molar-refractivity contribution in [1.29, 1.82) is 0 Å². The van der Waals surface area contributed by atoms with Gasteiger partial charge < -0.3 is 9.84 Å². The molecule has 4 nitrogen and oxygen atoms in total. The van der Waals surface area contributed by atoms with Crippen molar-refractivity contribution in [2.45, 2.75) is 44.9 Å². The molecule has 0 saturated carbocycles. The largest absolute Gasteiger partial charge is 0.339 e. The van der Waals surface area contributed by atoms with Crippen LogP contribution in [0.3, 0.4) is 0 Å². The molecule has 0 radical (unpaired) electrons. The maximum atomic E-state index is 5.30. The molecule has 1 aliphatic rings. The molecule has 1 aromatic heterocycles. The van der Waals surface area contributed by atoms with Crippen LogP contribution in [0.1, 0.15) is 56.7 Å². The number of aromatic nitrogens is 2. The molecule has 4 heteroatoms. The van der Waals surface area contributed by atoms with Gasteiger partial charge in [-0.25, -0.2) is 0 Å². The van der Waals surface area contributed by atoms with Crippen LogP contribution in [0.4, 0.5) is 0 Å². The van der Waals surface area contributed by atoms with E-state index in [9.17, 15) is 0 Å². The van der Waals surface area contributed by atoms with Gasteiger partial charge in [0.05, 0.1) is 0 Å². The lowest BCUT2D eigenvalue weighted by molar-refractivity contribution is 0.347. The van der Waals surface area contributed by atoms with Crippen molar-refractivity contribution in [3.8, 4) is 0 Å². The molecule has 0 spiro atoms. The van der Waals surface area contributed by atoms with Crippen LogP contribution in [0.25, 0.3) is 0 Å². The summed E-state index contributed by atoms with van der Waals surface area (Å²) in [5.41, 5.74) is 0. The number of hydrogen-bond acceptors (Lipinski definition) is 4. The lowest BCUT2D eigenvalue weighted by Gasteiger charge is -2.02. The topological polar surface area (TPSA) is 51.0 Å². The van der Waals surface area contributed by atoms with E-state index in [1.807, 2.05) is 0 Å². The molecule has 1 aliphatic heterocycles. The van der Waals surface area contributed by atoms with Crippen molar-refractivity contribution < 1.29 is 4.52 Å². The fourth-order valence-electron chi connectivity index (χ4n) is 2.04. The number of rotatable bonds is 4. The van der Waals surface area contributed by atoms with E-state index in [4.69, 9.17) is 4.52 Å². The minimum atomic E-state index is 0.394. The van der Waals surface area contributed by atoms with Crippen molar-refractivity contribution in [2.24, 2.45) is 0 Å². The Morgan fingerprint density at radius 3 is 3.13 bits per heavy atom. The minimum Gasteiger partial charge on any atom is -0.339 e. The summed E-state index contributed by atoms with van der Waals surface area (Å²) in [6.07, 6.45) is 3.40. The average molecular weight is 209 g/mol. The van der Waals surface area contributed by atoms with Crippen molar-refractivity contribution >= 4 is 0 Å². The normalized spacial score (nSPS) is 23.2. The van der Waals surface area contributed by atoms with Gasteiger partial charge in [0.1, 0.15) is 0 Å². The van der Waals surface area contributed by atoms with E-state index in [2.05, 4.69) is 29.3 Å². The van der Waals surface area contributed by atoms with Crippen LogP contribution in [-0.2, 0) is 0 Å². The third-order valence-electron chi connectivity index (χ3n) is 3.03. The molecule has 0 amide bonds. The van der Waals surface area contributed by atoms with Gasteiger partial charge in [0.25, 0.3) is 0 Å². The second kappa shape index (κ2) is 4.75. The molecule has 2 rings (SSSR count). The van der Waals surface area contributed by atoms with Gasteiger partial charge in [-0.3, -0.25) is 0 Å². The molecule has 1 fully saturated rings. The smallest absolute Gasteiger partial charge is 0.229 e. The standard InChI is InChI=1S/C11H19N3O/c1-3-4-8(2)11-13-10(14-15-11)9-5-6-12-7-9/h8-9,12H,3-7H2,1-2H3. The fraction of sp³-hybridized carbons (Fsp3) is 0.818. The molecule has 0 aromatic carbocycles. The predicted molar refractivity (Wildman–Crippen MR) is 57.8 cm³/mol. The Balaban J connectivity index is 2.02. The minimum absolute atomic E-state index is 0.394. The van der Waals surface area contributed by atoms with Gasteiger partial charge >= 0.3 is 0 Å². The molecule has 1 saturated heterocycles. The number of nitrogens with zero attached hydrogens (tertiary/aromatic N) is 2. The van der Waals surface area contributed by atoms with E-state index in [0.29, 0.717) is 11.8 Å². The van der Waals surface area contributed by atoms with Crippen LogP contribution < -0.4 is 5.32 Å². The summed E-state index contributed by atoms with van der Waals surface area (Å²) in [6.45, 7) is 6.38. The highest BCUT2D eigenvalue weighted by Crippen LogP contribution is 2.23. The first kappa shape index (κ1) is 10.6. The van der Waals surface area contributed by atoms with Crippen LogP contribution in [0.15, 0.2) is 4.52 Å². The molecule has 84 valence electrons. The SMILES string of the molecule is CCCC(C)c1nc(C2CCNC2)no1. The molecule has 0 aliphatic carbocycles. The monoisotopic (exact) mass is 209 g/mol. The molecule has 2 atom stereocenters. The quantitative estimate of drug-likeness (QED) is 0.824. The molecule has 0 bridgehead atoms.